The minimum atomic E-state index is -1.42. The molecule has 3 atom stereocenters. The quantitative estimate of drug-likeness (QED) is 0.388. The molecule has 0 aliphatic carbocycles. The maximum atomic E-state index is 12.9. The van der Waals surface area contributed by atoms with Gasteiger partial charge >= 0.3 is 12.1 Å². The van der Waals surface area contributed by atoms with Gasteiger partial charge in [0.1, 0.15) is 33.4 Å². The van der Waals surface area contributed by atoms with Crippen molar-refractivity contribution in [2.75, 3.05) is 7.11 Å². The maximum absolute atomic E-state index is 12.9. The molecule has 2 aromatic heterocycles. The number of amides is 2. The van der Waals surface area contributed by atoms with E-state index in [1.807, 2.05) is 0 Å². The van der Waals surface area contributed by atoms with Crippen LogP contribution in [0.2, 0.25) is 0 Å². The molecule has 2 amide bonds. The summed E-state index contributed by atoms with van der Waals surface area (Å²) in [6.07, 6.45) is -1.74. The zero-order valence-electron chi connectivity index (χ0n) is 20.0. The van der Waals surface area contributed by atoms with E-state index >= 15 is 0 Å². The van der Waals surface area contributed by atoms with E-state index in [4.69, 9.17) is 4.74 Å². The van der Waals surface area contributed by atoms with Crippen molar-refractivity contribution >= 4 is 40.6 Å². The van der Waals surface area contributed by atoms with E-state index in [1.165, 1.54) is 38.6 Å². The first-order valence-corrected chi connectivity index (χ1v) is 12.1. The zero-order valence-corrected chi connectivity index (χ0v) is 21.7. The first-order valence-electron chi connectivity index (χ1n) is 10.3. The monoisotopic (exact) mass is 514 g/mol. The number of thiazole rings is 2. The van der Waals surface area contributed by atoms with Gasteiger partial charge in [-0.25, -0.2) is 19.6 Å². The Labute approximate surface area is 205 Å². The molecule has 188 valence electrons. The highest BCUT2D eigenvalue weighted by Crippen LogP contribution is 2.29. The molecule has 0 unspecified atom stereocenters. The molecule has 2 aromatic rings. The number of nitrogens with zero attached hydrogens (tertiary/aromatic N) is 2. The van der Waals surface area contributed by atoms with Crippen molar-refractivity contribution in [3.8, 4) is 0 Å². The Morgan fingerprint density at radius 2 is 1.56 bits per heavy atom. The van der Waals surface area contributed by atoms with Crippen LogP contribution in [-0.4, -0.2) is 62.6 Å². The highest BCUT2D eigenvalue weighted by atomic mass is 32.1. The van der Waals surface area contributed by atoms with Crippen molar-refractivity contribution in [2.24, 2.45) is 0 Å². The van der Waals surface area contributed by atoms with Crippen LogP contribution in [0.15, 0.2) is 10.8 Å². The Morgan fingerprint density at radius 3 is 2.09 bits per heavy atom. The molecular weight excluding hydrogens is 484 g/mol. The van der Waals surface area contributed by atoms with Gasteiger partial charge in [-0.1, -0.05) is 0 Å². The van der Waals surface area contributed by atoms with Crippen molar-refractivity contribution in [1.82, 2.24) is 20.6 Å². The number of esters is 1. The Hall–Kier alpha value is -2.61. The minimum Gasteiger partial charge on any atom is -0.464 e. The molecule has 13 heteroatoms. The van der Waals surface area contributed by atoms with E-state index in [2.05, 4.69) is 25.3 Å². The Bertz CT molecular complexity index is 1020. The molecule has 34 heavy (non-hydrogen) atoms. The topological polar surface area (TPSA) is 160 Å². The lowest BCUT2D eigenvalue weighted by Crippen LogP contribution is -2.42. The molecule has 0 saturated heterocycles. The van der Waals surface area contributed by atoms with Gasteiger partial charge in [-0.2, -0.15) is 0 Å². The van der Waals surface area contributed by atoms with Crippen LogP contribution in [0.3, 0.4) is 0 Å². The Morgan fingerprint density at radius 1 is 1.00 bits per heavy atom. The molecular formula is C21H30N4O7S2. The lowest BCUT2D eigenvalue weighted by molar-refractivity contribution is 0.0339. The van der Waals surface area contributed by atoms with E-state index in [9.17, 15) is 24.6 Å². The highest BCUT2D eigenvalue weighted by Gasteiger charge is 2.34. The number of ether oxygens (including phenoxy) is 2. The van der Waals surface area contributed by atoms with E-state index in [1.54, 1.807) is 20.8 Å². The molecule has 0 aliphatic rings. The van der Waals surface area contributed by atoms with Gasteiger partial charge in [-0.05, 0) is 41.5 Å². The number of carbonyl (C=O) groups excluding carboxylic acids is 3. The predicted molar refractivity (Wildman–Crippen MR) is 126 cm³/mol. The van der Waals surface area contributed by atoms with Crippen LogP contribution in [0.5, 0.6) is 0 Å². The number of methoxy groups -OCH3 is 1. The molecule has 0 aromatic carbocycles. The molecule has 0 spiro atoms. The zero-order chi connectivity index (χ0) is 25.8. The van der Waals surface area contributed by atoms with Crippen molar-refractivity contribution < 1.29 is 34.1 Å². The normalized spacial score (nSPS) is 14.6. The van der Waals surface area contributed by atoms with E-state index in [-0.39, 0.29) is 11.4 Å². The fourth-order valence-corrected chi connectivity index (χ4v) is 4.68. The summed E-state index contributed by atoms with van der Waals surface area (Å²) < 4.78 is 9.88. The number of aliphatic hydroxyl groups is 2. The number of nitrogens with one attached hydrogen (secondary N) is 2. The standard InChI is InChI=1S/C21H30N4O7S2/c1-10(26)13(24-19(29)32-20(2,3)4)16-22-11(8-33-16)15(27)25-14(21(5,6)30)17-23-12(9-34-17)18(28)31-7/h8-10,13-14,26,30H,1-7H3,(H,24,29)(H,25,27)/t10-,13+,14-/m1/s1. The summed E-state index contributed by atoms with van der Waals surface area (Å²) in [5.41, 5.74) is -2.05. The smallest absolute Gasteiger partial charge is 0.408 e. The number of hydrogen-bond donors (Lipinski definition) is 4. The predicted octanol–water partition coefficient (Wildman–Crippen LogP) is 2.57. The largest absolute Gasteiger partial charge is 0.464 e. The number of carbonyl (C=O) groups is 3. The molecule has 4 N–H and O–H groups in total. The van der Waals surface area contributed by atoms with Gasteiger partial charge in [0.25, 0.3) is 5.91 Å². The Kier molecular flexibility index (Phi) is 8.75. The summed E-state index contributed by atoms with van der Waals surface area (Å²) in [6, 6.07) is -1.84. The lowest BCUT2D eigenvalue weighted by atomic mass is 9.99. The number of aliphatic hydroxyl groups excluding tert-OH is 1. The average molecular weight is 515 g/mol. The first-order chi connectivity index (χ1) is 15.6. The summed E-state index contributed by atoms with van der Waals surface area (Å²) in [6.45, 7) is 9.62. The minimum absolute atomic E-state index is 0.0237. The van der Waals surface area contributed by atoms with Crippen LogP contribution in [-0.2, 0) is 9.47 Å². The van der Waals surface area contributed by atoms with Crippen LogP contribution < -0.4 is 10.6 Å². The third-order valence-corrected chi connectivity index (χ3v) is 6.16. The second kappa shape index (κ2) is 10.8. The number of alkyl carbamates (subject to hydrolysis) is 1. The maximum Gasteiger partial charge on any atom is 0.408 e. The highest BCUT2D eigenvalue weighted by molar-refractivity contribution is 7.10. The fourth-order valence-electron chi connectivity index (χ4n) is 2.72. The summed E-state index contributed by atoms with van der Waals surface area (Å²) >= 11 is 2.17. The lowest BCUT2D eigenvalue weighted by Gasteiger charge is -2.28. The summed E-state index contributed by atoms with van der Waals surface area (Å²) in [7, 11) is 1.23. The fraction of sp³-hybridized carbons (Fsp3) is 0.571. The third kappa shape index (κ3) is 7.45. The van der Waals surface area contributed by atoms with Gasteiger partial charge in [-0.15, -0.1) is 22.7 Å². The molecule has 0 bridgehead atoms. The average Bonchev–Trinajstić information content (AvgIpc) is 3.37. The third-order valence-electron chi connectivity index (χ3n) is 4.32. The van der Waals surface area contributed by atoms with Crippen molar-refractivity contribution in [3.63, 3.8) is 0 Å². The molecule has 2 rings (SSSR count). The van der Waals surface area contributed by atoms with Crippen LogP contribution >= 0.6 is 22.7 Å². The van der Waals surface area contributed by atoms with Crippen molar-refractivity contribution in [3.05, 3.63) is 32.2 Å². The number of rotatable bonds is 8. The molecule has 11 nitrogen and oxygen atoms in total. The van der Waals surface area contributed by atoms with Crippen LogP contribution in [0.4, 0.5) is 4.79 Å². The van der Waals surface area contributed by atoms with Crippen molar-refractivity contribution in [2.45, 2.75) is 70.9 Å². The molecule has 0 radical (unpaired) electrons. The molecule has 2 heterocycles. The van der Waals surface area contributed by atoms with Gasteiger partial charge < -0.3 is 30.3 Å². The molecule has 0 aliphatic heterocycles. The first kappa shape index (κ1) is 27.6. The van der Waals surface area contributed by atoms with Gasteiger partial charge in [0, 0.05) is 10.8 Å². The van der Waals surface area contributed by atoms with Gasteiger partial charge in [0.05, 0.1) is 18.8 Å². The summed E-state index contributed by atoms with van der Waals surface area (Å²) in [5.74, 6) is -1.24. The van der Waals surface area contributed by atoms with Crippen LogP contribution in [0, 0.1) is 0 Å². The number of aromatic nitrogens is 2. The van der Waals surface area contributed by atoms with Crippen LogP contribution in [0.1, 0.15) is 84.6 Å². The van der Waals surface area contributed by atoms with E-state index in [0.29, 0.717) is 10.0 Å². The second-order valence-corrected chi connectivity index (χ2v) is 10.8. The van der Waals surface area contributed by atoms with E-state index < -0.39 is 47.4 Å². The summed E-state index contributed by atoms with van der Waals surface area (Å²) in [4.78, 5) is 45.2. The van der Waals surface area contributed by atoms with Crippen molar-refractivity contribution in [1.29, 1.82) is 0 Å². The van der Waals surface area contributed by atoms with Gasteiger partial charge in [0.2, 0.25) is 0 Å². The van der Waals surface area contributed by atoms with Gasteiger partial charge in [-0.3, -0.25) is 4.79 Å². The second-order valence-electron chi connectivity index (χ2n) is 9.06. The summed E-state index contributed by atoms with van der Waals surface area (Å²) in [5, 5.41) is 29.6. The van der Waals surface area contributed by atoms with Gasteiger partial charge in [0.15, 0.2) is 5.69 Å². The SMILES string of the molecule is COC(=O)c1csc([C@@H](NC(=O)c2csc([C@@H](NC(=O)OC(C)(C)C)[C@@H](C)O)n2)C(C)(C)O)n1. The Balaban J connectivity index is 2.22. The molecule has 0 fully saturated rings. The number of hydrogen-bond acceptors (Lipinski definition) is 11. The van der Waals surface area contributed by atoms with E-state index in [0.717, 1.165) is 22.7 Å². The molecule has 0 saturated carbocycles. The van der Waals surface area contributed by atoms with Crippen LogP contribution in [0.25, 0.3) is 0 Å².